The normalized spacial score (nSPS) is 8.17. The molecule has 0 aliphatic carbocycles. The lowest BCUT2D eigenvalue weighted by Gasteiger charge is -1.95. The van der Waals surface area contributed by atoms with Crippen LogP contribution < -0.4 is 0 Å². The lowest BCUT2D eigenvalue weighted by molar-refractivity contribution is 0.401. The van der Waals surface area contributed by atoms with Crippen LogP contribution in [-0.2, 0) is 4.74 Å². The monoisotopic (exact) mass is 203 g/mol. The molecule has 4 heteroatoms. The maximum absolute atomic E-state index is 4.73. The standard InChI is InChI=1S/C5H10OS.C3H3NS/c1-3-4-5(7)6-2;1-2-5-3-4-1/h3-4H2,1-2H3;1-3H. The highest BCUT2D eigenvalue weighted by Crippen LogP contribution is 1.90. The van der Waals surface area contributed by atoms with Gasteiger partial charge in [0.15, 0.2) is 5.05 Å². The second-order valence-electron chi connectivity index (χ2n) is 2.00. The summed E-state index contributed by atoms with van der Waals surface area (Å²) in [7, 11) is 1.61. The molecule has 1 aromatic heterocycles. The molecule has 0 saturated heterocycles. The van der Waals surface area contributed by atoms with E-state index in [9.17, 15) is 0 Å². The molecule has 12 heavy (non-hydrogen) atoms. The third-order valence-corrected chi connectivity index (χ3v) is 1.92. The Bertz CT molecular complexity index is 170. The van der Waals surface area contributed by atoms with Crippen molar-refractivity contribution in [1.29, 1.82) is 0 Å². The Morgan fingerprint density at radius 2 is 2.42 bits per heavy atom. The Kier molecular flexibility index (Phi) is 8.27. The third kappa shape index (κ3) is 7.63. The maximum Gasteiger partial charge on any atom is 0.159 e. The van der Waals surface area contributed by atoms with Crippen LogP contribution in [0.1, 0.15) is 19.8 Å². The number of nitrogens with zero attached hydrogens (tertiary/aromatic N) is 1. The predicted molar refractivity (Wildman–Crippen MR) is 56.6 cm³/mol. The summed E-state index contributed by atoms with van der Waals surface area (Å²) in [6.45, 7) is 2.07. The first kappa shape index (κ1) is 11.5. The minimum Gasteiger partial charge on any atom is -0.490 e. The van der Waals surface area contributed by atoms with Gasteiger partial charge in [-0.1, -0.05) is 6.92 Å². The van der Waals surface area contributed by atoms with Crippen molar-refractivity contribution in [3.05, 3.63) is 17.1 Å². The van der Waals surface area contributed by atoms with Gasteiger partial charge in [-0.25, -0.2) is 0 Å². The number of rotatable bonds is 2. The van der Waals surface area contributed by atoms with Crippen LogP contribution in [0.2, 0.25) is 0 Å². The van der Waals surface area contributed by atoms with E-state index in [-0.39, 0.29) is 0 Å². The Hall–Kier alpha value is -0.480. The zero-order chi connectivity index (χ0) is 9.23. The van der Waals surface area contributed by atoms with Crippen molar-refractivity contribution in [2.45, 2.75) is 19.8 Å². The van der Waals surface area contributed by atoms with Crippen molar-refractivity contribution in [2.24, 2.45) is 0 Å². The highest BCUT2D eigenvalue weighted by Gasteiger charge is 1.87. The molecule has 1 aromatic rings. The molecule has 0 aliphatic heterocycles. The van der Waals surface area contributed by atoms with E-state index < -0.39 is 0 Å². The van der Waals surface area contributed by atoms with E-state index in [1.54, 1.807) is 30.2 Å². The SMILES string of the molecule is CCCC(=S)OC.c1cscn1. The number of thiazole rings is 1. The van der Waals surface area contributed by atoms with E-state index in [1.807, 2.05) is 5.38 Å². The second kappa shape index (κ2) is 8.62. The van der Waals surface area contributed by atoms with E-state index in [2.05, 4.69) is 11.9 Å². The highest BCUT2D eigenvalue weighted by molar-refractivity contribution is 7.80. The molecule has 0 saturated carbocycles. The highest BCUT2D eigenvalue weighted by atomic mass is 32.1. The zero-order valence-electron chi connectivity index (χ0n) is 7.32. The lowest BCUT2D eigenvalue weighted by Crippen LogP contribution is -1.93. The molecule has 0 fully saturated rings. The second-order valence-corrected chi connectivity index (χ2v) is 3.21. The van der Waals surface area contributed by atoms with E-state index in [1.165, 1.54) is 0 Å². The van der Waals surface area contributed by atoms with Gasteiger partial charge in [-0.05, 0) is 18.6 Å². The Morgan fingerprint density at radius 3 is 2.58 bits per heavy atom. The van der Waals surface area contributed by atoms with E-state index in [0.29, 0.717) is 5.05 Å². The fraction of sp³-hybridized carbons (Fsp3) is 0.500. The molecule has 0 spiro atoms. The van der Waals surface area contributed by atoms with Crippen LogP contribution in [0.15, 0.2) is 17.1 Å². The average Bonchev–Trinajstić information content (AvgIpc) is 2.62. The largest absolute Gasteiger partial charge is 0.490 e. The molecule has 0 N–H and O–H groups in total. The molecule has 2 nitrogen and oxygen atoms in total. The van der Waals surface area contributed by atoms with E-state index in [4.69, 9.17) is 17.0 Å². The van der Waals surface area contributed by atoms with E-state index in [0.717, 1.165) is 12.8 Å². The summed E-state index contributed by atoms with van der Waals surface area (Å²) in [5, 5.41) is 2.64. The van der Waals surface area contributed by atoms with Crippen molar-refractivity contribution >= 4 is 28.6 Å². The van der Waals surface area contributed by atoms with Gasteiger partial charge < -0.3 is 4.74 Å². The first-order valence-electron chi connectivity index (χ1n) is 3.70. The maximum atomic E-state index is 4.73. The summed E-state index contributed by atoms with van der Waals surface area (Å²) >= 11 is 6.33. The Balaban J connectivity index is 0.000000211. The molecule has 0 bridgehead atoms. The van der Waals surface area contributed by atoms with Gasteiger partial charge in [0.25, 0.3) is 0 Å². The van der Waals surface area contributed by atoms with Gasteiger partial charge in [0, 0.05) is 18.0 Å². The van der Waals surface area contributed by atoms with Gasteiger partial charge in [-0.15, -0.1) is 11.3 Å². The van der Waals surface area contributed by atoms with Crippen molar-refractivity contribution in [3.63, 3.8) is 0 Å². The molecule has 0 amide bonds. The quantitative estimate of drug-likeness (QED) is 0.690. The van der Waals surface area contributed by atoms with Gasteiger partial charge in [0.1, 0.15) is 0 Å². The van der Waals surface area contributed by atoms with Crippen molar-refractivity contribution < 1.29 is 4.74 Å². The molecule has 0 aromatic carbocycles. The first-order valence-corrected chi connectivity index (χ1v) is 5.05. The fourth-order valence-corrected chi connectivity index (χ4v) is 1.04. The summed E-state index contributed by atoms with van der Waals surface area (Å²) in [5.74, 6) is 0. The summed E-state index contributed by atoms with van der Waals surface area (Å²) in [5.41, 5.74) is 1.79. The number of thiocarbonyl (C=S) groups is 1. The predicted octanol–water partition coefficient (Wildman–Crippen LogP) is 2.90. The number of hydrogen-bond donors (Lipinski definition) is 0. The van der Waals surface area contributed by atoms with Crippen LogP contribution in [0.3, 0.4) is 0 Å². The number of hydrogen-bond acceptors (Lipinski definition) is 4. The average molecular weight is 203 g/mol. The van der Waals surface area contributed by atoms with Gasteiger partial charge in [0.05, 0.1) is 12.6 Å². The third-order valence-electron chi connectivity index (χ3n) is 1.03. The van der Waals surface area contributed by atoms with Crippen LogP contribution in [0, 0.1) is 0 Å². The zero-order valence-corrected chi connectivity index (χ0v) is 8.95. The van der Waals surface area contributed by atoms with Crippen LogP contribution in [0.25, 0.3) is 0 Å². The molecular weight excluding hydrogens is 190 g/mol. The number of ether oxygens (including phenoxy) is 1. The molecule has 1 heterocycles. The van der Waals surface area contributed by atoms with Crippen molar-refractivity contribution in [2.75, 3.05) is 7.11 Å². The van der Waals surface area contributed by atoms with Crippen LogP contribution in [-0.4, -0.2) is 17.1 Å². The first-order chi connectivity index (χ1) is 5.81. The Morgan fingerprint density at radius 1 is 1.67 bits per heavy atom. The van der Waals surface area contributed by atoms with Crippen molar-refractivity contribution in [1.82, 2.24) is 4.98 Å². The summed E-state index contributed by atoms with van der Waals surface area (Å²) in [4.78, 5) is 3.74. The molecule has 1 rings (SSSR count). The molecule has 0 unspecified atom stereocenters. The van der Waals surface area contributed by atoms with Gasteiger partial charge >= 0.3 is 0 Å². The van der Waals surface area contributed by atoms with Crippen LogP contribution >= 0.6 is 23.6 Å². The molecule has 0 atom stereocenters. The van der Waals surface area contributed by atoms with Crippen LogP contribution in [0.5, 0.6) is 0 Å². The van der Waals surface area contributed by atoms with Gasteiger partial charge in [0.2, 0.25) is 0 Å². The summed E-state index contributed by atoms with van der Waals surface area (Å²) in [6.07, 6.45) is 3.75. The molecule has 0 radical (unpaired) electrons. The number of aromatic nitrogens is 1. The Labute approximate surface area is 82.6 Å². The number of methoxy groups -OCH3 is 1. The minimum atomic E-state index is 0.711. The van der Waals surface area contributed by atoms with Crippen LogP contribution in [0.4, 0.5) is 0 Å². The smallest absolute Gasteiger partial charge is 0.159 e. The molecule has 0 aliphatic rings. The topological polar surface area (TPSA) is 22.1 Å². The lowest BCUT2D eigenvalue weighted by atomic mass is 10.4. The summed E-state index contributed by atoms with van der Waals surface area (Å²) < 4.78 is 4.72. The van der Waals surface area contributed by atoms with Gasteiger partial charge in [-0.2, -0.15) is 0 Å². The molecule has 68 valence electrons. The van der Waals surface area contributed by atoms with Gasteiger partial charge in [-0.3, -0.25) is 4.98 Å². The fourth-order valence-electron chi connectivity index (χ4n) is 0.482. The minimum absolute atomic E-state index is 0.711. The van der Waals surface area contributed by atoms with E-state index >= 15 is 0 Å². The summed E-state index contributed by atoms with van der Waals surface area (Å²) in [6, 6.07) is 0. The molecular formula is C8H13NOS2. The van der Waals surface area contributed by atoms with Crippen molar-refractivity contribution in [3.8, 4) is 0 Å².